The predicted octanol–water partition coefficient (Wildman–Crippen LogP) is 2.41. The highest BCUT2D eigenvalue weighted by Gasteiger charge is 2.22. The Morgan fingerprint density at radius 1 is 0.531 bits per heavy atom. The predicted molar refractivity (Wildman–Crippen MR) is 109 cm³/mol. The molecule has 4 aliphatic rings. The quantitative estimate of drug-likeness (QED) is 0.437. The Balaban J connectivity index is 0.000000246. The first kappa shape index (κ1) is 23.6. The fraction of sp³-hybridized carbons (Fsp3) is 0. The molecule has 1 aromatic carbocycles. The zero-order chi connectivity index (χ0) is 23.5. The van der Waals surface area contributed by atoms with E-state index in [2.05, 4.69) is 85.5 Å². The summed E-state index contributed by atoms with van der Waals surface area (Å²) in [5.74, 6) is 0. The van der Waals surface area contributed by atoms with Gasteiger partial charge in [0.2, 0.25) is 0 Å². The molecule has 1 aromatic rings. The van der Waals surface area contributed by atoms with Crippen LogP contribution in [0, 0.1) is 0 Å². The molecule has 5 rings (SSSR count). The lowest BCUT2D eigenvalue weighted by molar-refractivity contribution is -0.709. The molecule has 0 aliphatic carbocycles. The first-order valence-corrected chi connectivity index (χ1v) is 9.37. The summed E-state index contributed by atoms with van der Waals surface area (Å²) in [7, 11) is -12.0. The summed E-state index contributed by atoms with van der Waals surface area (Å²) >= 11 is 0. The monoisotopic (exact) mass is 458 g/mol. The lowest BCUT2D eigenvalue weighted by Crippen LogP contribution is -3.01. The highest BCUT2D eigenvalue weighted by molar-refractivity contribution is 6.50. The summed E-state index contributed by atoms with van der Waals surface area (Å²) in [4.78, 5) is 2.60. The van der Waals surface area contributed by atoms with Crippen LogP contribution in [0.5, 0.6) is 0 Å². The van der Waals surface area contributed by atoms with Gasteiger partial charge in [-0.15, -0.1) is 0 Å². The Hall–Kier alpha value is -3.11. The third-order valence-corrected chi connectivity index (χ3v) is 4.57. The van der Waals surface area contributed by atoms with Crippen LogP contribution in [0.2, 0.25) is 0 Å². The van der Waals surface area contributed by atoms with E-state index in [1.54, 1.807) is 0 Å². The summed E-state index contributed by atoms with van der Waals surface area (Å²) in [6, 6.07) is 4.47. The van der Waals surface area contributed by atoms with E-state index in [9.17, 15) is 34.5 Å². The number of fused-ring (bicyclic) bond motifs is 5. The molecule has 2 N–H and O–H groups in total. The van der Waals surface area contributed by atoms with Gasteiger partial charge >= 0.3 is 14.5 Å². The molecule has 2 atom stereocenters. The molecule has 2 nitrogen and oxygen atoms in total. The SMILES string of the molecule is C1=CC2=Cc3c4c(ccc3=C[NH+]2C=C1)=C[NH+]1C=CC=CC1=C4.F[B-](F)(F)F.F[B-](F)(F)F. The number of halogens is 8. The Kier molecular flexibility index (Phi) is 6.75. The molecule has 32 heavy (non-hydrogen) atoms. The molecular weight excluding hydrogens is 442 g/mol. The molecule has 0 fully saturated rings. The smallest absolute Gasteiger partial charge is 0.418 e. The summed E-state index contributed by atoms with van der Waals surface area (Å²) < 4.78 is 78.0. The van der Waals surface area contributed by atoms with E-state index < -0.39 is 14.5 Å². The number of quaternary nitrogens is 2. The van der Waals surface area contributed by atoms with Crippen LogP contribution in [-0.2, 0) is 0 Å². The molecule has 4 heterocycles. The largest absolute Gasteiger partial charge is 0.673 e. The fourth-order valence-corrected chi connectivity index (χ4v) is 3.44. The number of rotatable bonds is 0. The second-order valence-electron chi connectivity index (χ2n) is 6.90. The van der Waals surface area contributed by atoms with E-state index in [0.717, 1.165) is 0 Å². The van der Waals surface area contributed by atoms with Gasteiger partial charge in [-0.05, 0) is 24.3 Å². The van der Waals surface area contributed by atoms with Gasteiger partial charge in [0.05, 0.1) is 0 Å². The van der Waals surface area contributed by atoms with E-state index in [4.69, 9.17) is 0 Å². The molecule has 0 radical (unpaired) electrons. The van der Waals surface area contributed by atoms with Crippen molar-refractivity contribution in [2.24, 2.45) is 0 Å². The van der Waals surface area contributed by atoms with Gasteiger partial charge in [-0.1, -0.05) is 12.2 Å². The van der Waals surface area contributed by atoms with Crippen LogP contribution in [0.3, 0.4) is 0 Å². The minimum Gasteiger partial charge on any atom is -0.418 e. The van der Waals surface area contributed by atoms with Crippen LogP contribution >= 0.6 is 0 Å². The van der Waals surface area contributed by atoms with Gasteiger partial charge in [0, 0.05) is 45.9 Å². The highest BCUT2D eigenvalue weighted by Crippen LogP contribution is 2.13. The second kappa shape index (κ2) is 9.17. The van der Waals surface area contributed by atoms with Crippen molar-refractivity contribution < 1.29 is 44.3 Å². The van der Waals surface area contributed by atoms with Crippen LogP contribution in [0.15, 0.2) is 72.4 Å². The average molecular weight is 458 g/mol. The van der Waals surface area contributed by atoms with E-state index in [1.807, 2.05) is 0 Å². The van der Waals surface area contributed by atoms with Crippen molar-refractivity contribution in [1.29, 1.82) is 0 Å². The fourth-order valence-electron chi connectivity index (χ4n) is 3.44. The first-order chi connectivity index (χ1) is 14.9. The highest BCUT2D eigenvalue weighted by atomic mass is 19.5. The molecule has 0 spiro atoms. The minimum atomic E-state index is -6.00. The lowest BCUT2D eigenvalue weighted by Gasteiger charge is -2.21. The van der Waals surface area contributed by atoms with Crippen molar-refractivity contribution in [1.82, 2.24) is 0 Å². The van der Waals surface area contributed by atoms with Gasteiger partial charge in [0.25, 0.3) is 0 Å². The molecule has 0 amide bonds. The maximum Gasteiger partial charge on any atom is 0.673 e. The van der Waals surface area contributed by atoms with Gasteiger partial charge in [-0.2, -0.15) is 0 Å². The summed E-state index contributed by atoms with van der Waals surface area (Å²) in [5, 5.41) is 2.61. The van der Waals surface area contributed by atoms with Crippen molar-refractivity contribution >= 4 is 39.1 Å². The molecule has 0 saturated heterocycles. The van der Waals surface area contributed by atoms with Gasteiger partial charge in [0.1, 0.15) is 36.2 Å². The van der Waals surface area contributed by atoms with Gasteiger partial charge < -0.3 is 34.5 Å². The van der Waals surface area contributed by atoms with Crippen molar-refractivity contribution in [3.8, 4) is 0 Å². The number of hydrogen-bond acceptors (Lipinski definition) is 0. The molecule has 0 aromatic heterocycles. The van der Waals surface area contributed by atoms with Crippen LogP contribution in [0.4, 0.5) is 34.5 Å². The third-order valence-electron chi connectivity index (χ3n) is 4.57. The summed E-state index contributed by atoms with van der Waals surface area (Å²) in [6.45, 7) is 0. The van der Waals surface area contributed by atoms with Crippen LogP contribution in [0.1, 0.15) is 11.1 Å². The van der Waals surface area contributed by atoms with Crippen molar-refractivity contribution in [3.63, 3.8) is 0 Å². The maximum atomic E-state index is 9.75. The van der Waals surface area contributed by atoms with Gasteiger partial charge in [-0.25, -0.2) is 9.80 Å². The molecular formula is C20H16B2F8N2. The molecule has 0 bridgehead atoms. The van der Waals surface area contributed by atoms with E-state index in [0.29, 0.717) is 0 Å². The van der Waals surface area contributed by atoms with E-state index in [-0.39, 0.29) is 0 Å². The Morgan fingerprint density at radius 3 is 1.22 bits per heavy atom. The number of allylic oxidation sites excluding steroid dienone is 6. The third kappa shape index (κ3) is 6.69. The first-order valence-electron chi connectivity index (χ1n) is 9.37. The number of hydrogen-bond donors (Lipinski definition) is 2. The summed E-state index contributed by atoms with van der Waals surface area (Å²) in [5.41, 5.74) is 5.27. The zero-order valence-corrected chi connectivity index (χ0v) is 16.3. The molecule has 12 heteroatoms. The Labute approximate surface area is 178 Å². The lowest BCUT2D eigenvalue weighted by atomic mass is 9.96. The molecule has 168 valence electrons. The summed E-state index contributed by atoms with van der Waals surface area (Å²) in [6.07, 6.45) is 26.4. The normalized spacial score (nSPS) is 21.5. The van der Waals surface area contributed by atoms with Crippen LogP contribution in [-0.4, -0.2) is 14.5 Å². The molecule has 4 aliphatic heterocycles. The van der Waals surface area contributed by atoms with E-state index >= 15 is 0 Å². The van der Waals surface area contributed by atoms with Crippen LogP contribution in [0.25, 0.3) is 24.6 Å². The number of nitrogens with one attached hydrogen (secondary N) is 2. The van der Waals surface area contributed by atoms with Crippen LogP contribution < -0.4 is 20.2 Å². The maximum absolute atomic E-state index is 9.75. The average Bonchev–Trinajstić information content (AvgIpc) is 2.68. The Bertz CT molecular complexity index is 1080. The standard InChI is InChI=1S/C20H14N2.2BF4/c1-3-9-21-13-15-7-8-16-14-22-10-4-2-6-18(22)12-20(16)19(15)11-17(21)5-1;2*2-1(3,4)5/h1-14H;;/q;2*-1/p+2. The topological polar surface area (TPSA) is 8.88 Å². The minimum absolute atomic E-state index is 1.30. The molecule has 0 saturated carbocycles. The molecule has 2 unspecified atom stereocenters. The van der Waals surface area contributed by atoms with Crippen molar-refractivity contribution in [2.75, 3.05) is 0 Å². The number of benzene rings is 1. The van der Waals surface area contributed by atoms with Crippen molar-refractivity contribution in [3.05, 3.63) is 93.9 Å². The van der Waals surface area contributed by atoms with E-state index in [1.165, 1.54) is 42.8 Å². The zero-order valence-electron chi connectivity index (χ0n) is 16.3. The second-order valence-corrected chi connectivity index (χ2v) is 6.90. The van der Waals surface area contributed by atoms with Gasteiger partial charge in [-0.3, -0.25) is 0 Å². The van der Waals surface area contributed by atoms with Crippen molar-refractivity contribution in [2.45, 2.75) is 0 Å². The van der Waals surface area contributed by atoms with Gasteiger partial charge in [0.15, 0.2) is 0 Å². The Morgan fingerprint density at radius 2 is 0.875 bits per heavy atom.